The fourth-order valence-electron chi connectivity index (χ4n) is 3.73. The van der Waals surface area contributed by atoms with Crippen LogP contribution in [0.5, 0.6) is 0 Å². The number of allylic oxidation sites excluding steroid dienone is 1. The molecule has 0 aliphatic rings. The highest BCUT2D eigenvalue weighted by atomic mass is 28.3. The van der Waals surface area contributed by atoms with Crippen LogP contribution in [0.15, 0.2) is 36.0 Å². The molecule has 0 amide bonds. The molecule has 0 aromatic heterocycles. The summed E-state index contributed by atoms with van der Waals surface area (Å²) >= 11 is 0. The van der Waals surface area contributed by atoms with Crippen LogP contribution < -0.4 is 0 Å². The van der Waals surface area contributed by atoms with E-state index in [1.807, 2.05) is 12.1 Å². The molecular formula is C18H29NO2Si. The second-order valence-corrected chi connectivity index (χ2v) is 12.8. The quantitative estimate of drug-likeness (QED) is 0.356. The Hall–Kier alpha value is -1.42. The van der Waals surface area contributed by atoms with Gasteiger partial charge in [0.05, 0.1) is 13.0 Å². The van der Waals surface area contributed by atoms with Gasteiger partial charge in [0.1, 0.15) is 0 Å². The van der Waals surface area contributed by atoms with Gasteiger partial charge in [-0.1, -0.05) is 65.5 Å². The van der Waals surface area contributed by atoms with Gasteiger partial charge in [-0.15, -0.1) is 0 Å². The predicted molar refractivity (Wildman–Crippen MR) is 97.0 cm³/mol. The van der Waals surface area contributed by atoms with E-state index in [0.717, 1.165) is 12.0 Å². The number of nitro benzene ring substituents is 1. The van der Waals surface area contributed by atoms with Crippen molar-refractivity contribution in [3.05, 3.63) is 51.7 Å². The van der Waals surface area contributed by atoms with Crippen molar-refractivity contribution in [1.82, 2.24) is 0 Å². The maximum absolute atomic E-state index is 10.7. The lowest BCUT2D eigenvalue weighted by molar-refractivity contribution is -0.384. The van der Waals surface area contributed by atoms with Gasteiger partial charge >= 0.3 is 0 Å². The van der Waals surface area contributed by atoms with Crippen LogP contribution in [-0.4, -0.2) is 13.0 Å². The molecule has 0 bridgehead atoms. The maximum atomic E-state index is 10.7. The highest BCUT2D eigenvalue weighted by Gasteiger charge is 2.39. The van der Waals surface area contributed by atoms with Crippen molar-refractivity contribution in [1.29, 1.82) is 0 Å². The predicted octanol–water partition coefficient (Wildman–Crippen LogP) is 5.91. The van der Waals surface area contributed by atoms with Crippen molar-refractivity contribution >= 4 is 13.8 Å². The van der Waals surface area contributed by atoms with Gasteiger partial charge in [0.25, 0.3) is 5.69 Å². The van der Waals surface area contributed by atoms with Crippen molar-refractivity contribution in [3.8, 4) is 0 Å². The molecule has 0 heterocycles. The molecule has 0 N–H and O–H groups in total. The van der Waals surface area contributed by atoms with Gasteiger partial charge in [0, 0.05) is 12.1 Å². The monoisotopic (exact) mass is 319 g/mol. The Morgan fingerprint density at radius 2 is 1.45 bits per heavy atom. The van der Waals surface area contributed by atoms with E-state index < -0.39 is 8.07 Å². The molecule has 0 fully saturated rings. The third-order valence-corrected chi connectivity index (χ3v) is 11.7. The molecule has 0 saturated heterocycles. The molecule has 0 saturated carbocycles. The number of hydrogen-bond acceptors (Lipinski definition) is 2. The standard InChI is InChI=1S/C18H29NO2Si/c1-14(2)22(15(3)4,16(5)6)13-7-8-17-9-11-18(12-10-17)19(20)21/h7,9-16H,8H2,1-6H3/b13-7+. The number of nitro groups is 1. The summed E-state index contributed by atoms with van der Waals surface area (Å²) in [7, 11) is -1.50. The topological polar surface area (TPSA) is 43.1 Å². The van der Waals surface area contributed by atoms with E-state index in [9.17, 15) is 10.1 Å². The van der Waals surface area contributed by atoms with E-state index in [1.165, 1.54) is 0 Å². The third-order valence-electron chi connectivity index (χ3n) is 4.91. The summed E-state index contributed by atoms with van der Waals surface area (Å²) in [6, 6.07) is 6.88. The zero-order chi connectivity index (χ0) is 16.9. The van der Waals surface area contributed by atoms with Crippen molar-refractivity contribution < 1.29 is 4.92 Å². The Balaban J connectivity index is 2.91. The van der Waals surface area contributed by atoms with E-state index in [2.05, 4.69) is 53.3 Å². The molecule has 3 nitrogen and oxygen atoms in total. The lowest BCUT2D eigenvalue weighted by Gasteiger charge is -2.40. The van der Waals surface area contributed by atoms with Crippen LogP contribution in [0.3, 0.4) is 0 Å². The minimum absolute atomic E-state index is 0.156. The molecule has 0 spiro atoms. The van der Waals surface area contributed by atoms with Crippen molar-refractivity contribution in [2.24, 2.45) is 0 Å². The lowest BCUT2D eigenvalue weighted by Crippen LogP contribution is -2.42. The molecule has 1 aromatic carbocycles. The normalized spacial score (nSPS) is 12.8. The molecule has 1 rings (SSSR count). The number of non-ortho nitro benzene ring substituents is 1. The van der Waals surface area contributed by atoms with Crippen LogP contribution in [-0.2, 0) is 6.42 Å². The molecule has 22 heavy (non-hydrogen) atoms. The minimum atomic E-state index is -1.50. The maximum Gasteiger partial charge on any atom is 0.269 e. The van der Waals surface area contributed by atoms with Crippen LogP contribution in [0.25, 0.3) is 0 Å². The van der Waals surface area contributed by atoms with E-state index in [-0.39, 0.29) is 10.6 Å². The van der Waals surface area contributed by atoms with E-state index >= 15 is 0 Å². The zero-order valence-electron chi connectivity index (χ0n) is 14.7. The molecule has 0 aliphatic carbocycles. The Morgan fingerprint density at radius 3 is 1.82 bits per heavy atom. The summed E-state index contributed by atoms with van der Waals surface area (Å²) in [6.45, 7) is 14.1. The molecule has 4 heteroatoms. The van der Waals surface area contributed by atoms with Gasteiger partial charge in [-0.3, -0.25) is 10.1 Å². The first kappa shape index (κ1) is 18.6. The van der Waals surface area contributed by atoms with Crippen molar-refractivity contribution in [2.75, 3.05) is 0 Å². The average Bonchev–Trinajstić information content (AvgIpc) is 2.42. The van der Waals surface area contributed by atoms with Gasteiger partial charge in [0.15, 0.2) is 0 Å². The van der Waals surface area contributed by atoms with E-state index in [1.54, 1.807) is 12.1 Å². The number of rotatable bonds is 7. The summed E-state index contributed by atoms with van der Waals surface area (Å²) in [5, 5.41) is 10.7. The second kappa shape index (κ2) is 7.72. The minimum Gasteiger partial charge on any atom is -0.258 e. The molecule has 122 valence electrons. The Bertz CT molecular complexity index is 497. The third kappa shape index (κ3) is 4.06. The number of hydrogen-bond donors (Lipinski definition) is 0. The van der Waals surface area contributed by atoms with Crippen LogP contribution in [0.2, 0.25) is 16.6 Å². The first-order chi connectivity index (χ1) is 10.2. The number of nitrogens with zero attached hydrogens (tertiary/aromatic N) is 1. The number of benzene rings is 1. The first-order valence-corrected chi connectivity index (χ1v) is 10.4. The highest BCUT2D eigenvalue weighted by molar-refractivity contribution is 6.87. The molecule has 1 aromatic rings. The summed E-state index contributed by atoms with van der Waals surface area (Å²) in [4.78, 5) is 10.3. The fourth-order valence-corrected chi connectivity index (χ4v) is 9.41. The molecule has 0 atom stereocenters. The fraction of sp³-hybridized carbons (Fsp3) is 0.556. The Morgan fingerprint density at radius 1 is 1.00 bits per heavy atom. The van der Waals surface area contributed by atoms with Crippen molar-refractivity contribution in [2.45, 2.75) is 64.6 Å². The van der Waals surface area contributed by atoms with Crippen LogP contribution >= 0.6 is 0 Å². The Kier molecular flexibility index (Phi) is 6.54. The van der Waals surface area contributed by atoms with Gasteiger partial charge in [-0.05, 0) is 28.6 Å². The highest BCUT2D eigenvalue weighted by Crippen LogP contribution is 2.42. The van der Waals surface area contributed by atoms with Crippen molar-refractivity contribution in [3.63, 3.8) is 0 Å². The average molecular weight is 320 g/mol. The zero-order valence-corrected chi connectivity index (χ0v) is 15.7. The van der Waals surface area contributed by atoms with E-state index in [4.69, 9.17) is 0 Å². The van der Waals surface area contributed by atoms with Crippen LogP contribution in [0, 0.1) is 10.1 Å². The first-order valence-electron chi connectivity index (χ1n) is 8.12. The SMILES string of the molecule is CC(C)[Si](/C=C/Cc1ccc([N+](=O)[O-])cc1)(C(C)C)C(C)C. The Labute approximate surface area is 135 Å². The van der Waals surface area contributed by atoms with Crippen LogP contribution in [0.1, 0.15) is 47.1 Å². The van der Waals surface area contributed by atoms with Gasteiger partial charge in [0.2, 0.25) is 0 Å². The molecule has 0 aliphatic heterocycles. The summed E-state index contributed by atoms with van der Waals surface area (Å²) in [5.74, 6) is 0. The van der Waals surface area contributed by atoms with E-state index in [0.29, 0.717) is 16.6 Å². The lowest BCUT2D eigenvalue weighted by atomic mass is 10.1. The van der Waals surface area contributed by atoms with Gasteiger partial charge in [-0.25, -0.2) is 0 Å². The second-order valence-electron chi connectivity index (χ2n) is 6.99. The van der Waals surface area contributed by atoms with Crippen LogP contribution in [0.4, 0.5) is 5.69 Å². The largest absolute Gasteiger partial charge is 0.269 e. The molecule has 0 radical (unpaired) electrons. The van der Waals surface area contributed by atoms with Gasteiger partial charge < -0.3 is 0 Å². The smallest absolute Gasteiger partial charge is 0.258 e. The molecule has 0 unspecified atom stereocenters. The van der Waals surface area contributed by atoms with Gasteiger partial charge in [-0.2, -0.15) is 0 Å². The summed E-state index contributed by atoms with van der Waals surface area (Å²) in [5.41, 5.74) is 5.92. The summed E-state index contributed by atoms with van der Waals surface area (Å²) in [6.07, 6.45) is 3.13. The summed E-state index contributed by atoms with van der Waals surface area (Å²) < 4.78 is 0. The molecular weight excluding hydrogens is 290 g/mol.